The van der Waals surface area contributed by atoms with Gasteiger partial charge in [0.1, 0.15) is 17.2 Å². The van der Waals surface area contributed by atoms with Crippen LogP contribution in [0.5, 0.6) is 17.2 Å². The Hall–Kier alpha value is -3.00. The molecule has 0 aliphatic rings. The van der Waals surface area contributed by atoms with E-state index in [2.05, 4.69) is 69.0 Å². The van der Waals surface area contributed by atoms with Crippen LogP contribution < -0.4 is 9.47 Å². The molecule has 2 nitrogen and oxygen atoms in total. The molecule has 0 spiro atoms. The molecule has 3 aromatic carbocycles. The molecule has 0 bridgehead atoms. The number of para-hydroxylation sites is 1. The number of hydrogen-bond acceptors (Lipinski definition) is 2. The average Bonchev–Trinajstić information content (AvgIpc) is 2.79. The molecule has 0 aliphatic carbocycles. The third kappa shape index (κ3) is 6.00. The van der Waals surface area contributed by atoms with E-state index in [4.69, 9.17) is 9.47 Å². The fraction of sp³-hybridized carbons (Fsp3) is 0.286. The Balaban J connectivity index is 1.58. The minimum Gasteiger partial charge on any atom is -0.494 e. The third-order valence-electron chi connectivity index (χ3n) is 5.48. The summed E-state index contributed by atoms with van der Waals surface area (Å²) in [5.74, 6) is 2.68. The summed E-state index contributed by atoms with van der Waals surface area (Å²) in [7, 11) is 0. The monoisotopic (exact) mass is 400 g/mol. The van der Waals surface area contributed by atoms with Gasteiger partial charge in [0, 0.05) is 5.41 Å². The van der Waals surface area contributed by atoms with Gasteiger partial charge in [0.2, 0.25) is 0 Å². The van der Waals surface area contributed by atoms with Crippen molar-refractivity contribution in [3.05, 3.63) is 103 Å². The molecule has 2 heteroatoms. The normalized spacial score (nSPS) is 12.7. The van der Waals surface area contributed by atoms with Crippen LogP contribution in [0.1, 0.15) is 44.2 Å². The van der Waals surface area contributed by atoms with Gasteiger partial charge >= 0.3 is 0 Å². The van der Waals surface area contributed by atoms with Crippen LogP contribution in [0.25, 0.3) is 0 Å². The molecule has 0 N–H and O–H groups in total. The van der Waals surface area contributed by atoms with Crippen LogP contribution in [0, 0.1) is 0 Å². The zero-order valence-electron chi connectivity index (χ0n) is 18.1. The number of hydrogen-bond donors (Lipinski definition) is 0. The van der Waals surface area contributed by atoms with Gasteiger partial charge in [-0.3, -0.25) is 0 Å². The highest BCUT2D eigenvalue weighted by molar-refractivity contribution is 5.36. The molecule has 0 amide bonds. The number of aryl methyl sites for hydroxylation is 1. The van der Waals surface area contributed by atoms with Crippen molar-refractivity contribution >= 4 is 0 Å². The molecule has 0 aromatic heterocycles. The summed E-state index contributed by atoms with van der Waals surface area (Å²) in [6, 6.07) is 26.8. The molecule has 1 atom stereocenters. The number of rotatable bonds is 11. The van der Waals surface area contributed by atoms with Gasteiger partial charge in [0.25, 0.3) is 0 Å². The Kier molecular flexibility index (Phi) is 7.73. The molecule has 1 unspecified atom stereocenters. The molecule has 3 rings (SSSR count). The predicted octanol–water partition coefficient (Wildman–Crippen LogP) is 7.73. The van der Waals surface area contributed by atoms with E-state index in [0.29, 0.717) is 0 Å². The first kappa shape index (κ1) is 21.7. The van der Waals surface area contributed by atoms with Crippen LogP contribution in [0.4, 0.5) is 0 Å². The second-order valence-corrected chi connectivity index (χ2v) is 7.91. The molecule has 0 radical (unpaired) electrons. The van der Waals surface area contributed by atoms with E-state index < -0.39 is 0 Å². The second kappa shape index (κ2) is 10.7. The summed E-state index contributed by atoms with van der Waals surface area (Å²) in [4.78, 5) is 0. The Labute approximate surface area is 181 Å². The summed E-state index contributed by atoms with van der Waals surface area (Å²) >= 11 is 0. The van der Waals surface area contributed by atoms with Crippen molar-refractivity contribution in [1.82, 2.24) is 0 Å². The lowest BCUT2D eigenvalue weighted by atomic mass is 9.78. The van der Waals surface area contributed by atoms with Gasteiger partial charge in [-0.2, -0.15) is 0 Å². The van der Waals surface area contributed by atoms with Crippen LogP contribution in [-0.2, 0) is 11.8 Å². The zero-order valence-corrected chi connectivity index (χ0v) is 18.1. The van der Waals surface area contributed by atoms with E-state index in [9.17, 15) is 0 Å². The van der Waals surface area contributed by atoms with Crippen molar-refractivity contribution in [3.63, 3.8) is 0 Å². The SMILES string of the molecule is C=CC(C)(CCCc1cccc(Oc2ccccc2)c1)c1ccc(OCCC)cc1. The van der Waals surface area contributed by atoms with Crippen molar-refractivity contribution in [2.45, 2.75) is 44.9 Å². The third-order valence-corrected chi connectivity index (χ3v) is 5.48. The average molecular weight is 401 g/mol. The second-order valence-electron chi connectivity index (χ2n) is 7.91. The minimum atomic E-state index is -0.0541. The lowest BCUT2D eigenvalue weighted by Gasteiger charge is -2.27. The van der Waals surface area contributed by atoms with Gasteiger partial charge in [-0.25, -0.2) is 0 Å². The Morgan fingerprint density at radius 2 is 1.60 bits per heavy atom. The summed E-state index contributed by atoms with van der Waals surface area (Å²) in [5.41, 5.74) is 2.52. The fourth-order valence-corrected chi connectivity index (χ4v) is 3.56. The van der Waals surface area contributed by atoms with E-state index in [0.717, 1.165) is 49.5 Å². The smallest absolute Gasteiger partial charge is 0.127 e. The van der Waals surface area contributed by atoms with Crippen LogP contribution in [-0.4, -0.2) is 6.61 Å². The van der Waals surface area contributed by atoms with E-state index in [-0.39, 0.29) is 5.41 Å². The molecule has 0 fully saturated rings. The molecular weight excluding hydrogens is 368 g/mol. The summed E-state index contributed by atoms with van der Waals surface area (Å²) in [6.45, 7) is 9.25. The Morgan fingerprint density at radius 1 is 0.867 bits per heavy atom. The van der Waals surface area contributed by atoms with Gasteiger partial charge in [-0.05, 0) is 73.2 Å². The molecule has 156 valence electrons. The van der Waals surface area contributed by atoms with Crippen molar-refractivity contribution < 1.29 is 9.47 Å². The van der Waals surface area contributed by atoms with E-state index in [1.165, 1.54) is 11.1 Å². The molecule has 30 heavy (non-hydrogen) atoms. The maximum atomic E-state index is 5.97. The maximum Gasteiger partial charge on any atom is 0.127 e. The van der Waals surface area contributed by atoms with E-state index >= 15 is 0 Å². The number of allylic oxidation sites excluding steroid dienone is 1. The highest BCUT2D eigenvalue weighted by atomic mass is 16.5. The first-order valence-corrected chi connectivity index (χ1v) is 10.8. The predicted molar refractivity (Wildman–Crippen MR) is 126 cm³/mol. The summed E-state index contributed by atoms with van der Waals surface area (Å²) in [5, 5.41) is 0. The van der Waals surface area contributed by atoms with Crippen LogP contribution in [0.3, 0.4) is 0 Å². The van der Waals surface area contributed by atoms with E-state index in [1.807, 2.05) is 36.4 Å². The van der Waals surface area contributed by atoms with Gasteiger partial charge in [0.15, 0.2) is 0 Å². The molecule has 0 saturated carbocycles. The zero-order chi connectivity index (χ0) is 21.2. The van der Waals surface area contributed by atoms with Crippen molar-refractivity contribution in [3.8, 4) is 17.2 Å². The Morgan fingerprint density at radius 3 is 2.30 bits per heavy atom. The van der Waals surface area contributed by atoms with Crippen molar-refractivity contribution in [2.75, 3.05) is 6.61 Å². The number of benzene rings is 3. The highest BCUT2D eigenvalue weighted by Crippen LogP contribution is 2.32. The van der Waals surface area contributed by atoms with Gasteiger partial charge < -0.3 is 9.47 Å². The fourth-order valence-electron chi connectivity index (χ4n) is 3.56. The van der Waals surface area contributed by atoms with E-state index in [1.54, 1.807) is 0 Å². The highest BCUT2D eigenvalue weighted by Gasteiger charge is 2.22. The van der Waals surface area contributed by atoms with Gasteiger partial charge in [-0.1, -0.05) is 62.4 Å². The van der Waals surface area contributed by atoms with Gasteiger partial charge in [0.05, 0.1) is 6.61 Å². The molecular formula is C28H32O2. The molecule has 0 saturated heterocycles. The molecule has 3 aromatic rings. The Bertz CT molecular complexity index is 915. The van der Waals surface area contributed by atoms with Crippen molar-refractivity contribution in [1.29, 1.82) is 0 Å². The lowest BCUT2D eigenvalue weighted by Crippen LogP contribution is -2.18. The molecule has 0 aliphatic heterocycles. The van der Waals surface area contributed by atoms with Crippen LogP contribution >= 0.6 is 0 Å². The van der Waals surface area contributed by atoms with Crippen LogP contribution in [0.2, 0.25) is 0 Å². The first-order valence-electron chi connectivity index (χ1n) is 10.8. The molecule has 0 heterocycles. The largest absolute Gasteiger partial charge is 0.494 e. The lowest BCUT2D eigenvalue weighted by molar-refractivity contribution is 0.317. The minimum absolute atomic E-state index is 0.0541. The topological polar surface area (TPSA) is 18.5 Å². The first-order chi connectivity index (χ1) is 14.6. The number of ether oxygens (including phenoxy) is 2. The summed E-state index contributed by atoms with van der Waals surface area (Å²) < 4.78 is 11.7. The quantitative estimate of drug-likeness (QED) is 0.307. The maximum absolute atomic E-state index is 5.97. The van der Waals surface area contributed by atoms with Crippen molar-refractivity contribution in [2.24, 2.45) is 0 Å². The summed E-state index contributed by atoms with van der Waals surface area (Å²) in [6.07, 6.45) is 6.21. The van der Waals surface area contributed by atoms with Gasteiger partial charge in [-0.15, -0.1) is 6.58 Å². The van der Waals surface area contributed by atoms with Crippen LogP contribution in [0.15, 0.2) is 91.5 Å². The standard InChI is InChI=1S/C28H32O2/c1-4-21-29-25-18-16-24(17-19-25)28(3,5-2)20-10-12-23-11-9-15-27(22-23)30-26-13-7-6-8-14-26/h5-9,11,13-19,22H,2,4,10,12,20-21H2,1,3H3.